The fourth-order valence-corrected chi connectivity index (χ4v) is 15.4. The Morgan fingerprint density at radius 2 is 1.66 bits per heavy atom. The van der Waals surface area contributed by atoms with E-state index in [2.05, 4.69) is 24.8 Å². The fourth-order valence-electron chi connectivity index (χ4n) is 15.4. The van der Waals surface area contributed by atoms with Gasteiger partial charge in [0.05, 0.1) is 35.0 Å². The molecule has 0 aromatic heterocycles. The van der Waals surface area contributed by atoms with E-state index in [0.29, 0.717) is 25.3 Å². The maximum atomic E-state index is 14.2. The number of carbonyl (C=O) groups is 4. The van der Waals surface area contributed by atoms with E-state index >= 15 is 0 Å². The molecule has 7 fully saturated rings. The second kappa shape index (κ2) is 19.5. The molecule has 0 bridgehead atoms. The van der Waals surface area contributed by atoms with Crippen LogP contribution in [0.1, 0.15) is 136 Å². The summed E-state index contributed by atoms with van der Waals surface area (Å²) in [6.45, 7) is 11.0. The molecule has 376 valence electrons. The van der Waals surface area contributed by atoms with Gasteiger partial charge in [0, 0.05) is 35.3 Å². The van der Waals surface area contributed by atoms with Crippen molar-refractivity contribution in [2.45, 2.75) is 165 Å². The SMILES string of the molecule is CC(C)C(=O)OCC(=O)[C@@]12O[C@H](C3CCCCC3)O[C@@H]1C[C@H]1[C@@H]3CCC4=CC(=O)C=C[C@]4(C)[C@H]3[C@@H](O)C[C@@]12C.C[C@@H]1CN(C2CCC(C#N)(c3ccc(F)cc3)CC2)CC[C@]1(C(=O)O)c1ccccc1. The third kappa shape index (κ3) is 8.42. The second-order valence-electron chi connectivity index (χ2n) is 23.1. The van der Waals surface area contributed by atoms with Crippen molar-refractivity contribution in [1.29, 1.82) is 5.26 Å². The first-order valence-corrected chi connectivity index (χ1v) is 26.3. The van der Waals surface area contributed by atoms with Crippen molar-refractivity contribution in [3.8, 4) is 6.07 Å². The third-order valence-electron chi connectivity index (χ3n) is 19.3. The summed E-state index contributed by atoms with van der Waals surface area (Å²) in [6.07, 6.45) is 16.0. The Kier molecular flexibility index (Phi) is 14.0. The van der Waals surface area contributed by atoms with Crippen LogP contribution in [-0.2, 0) is 44.2 Å². The molecule has 10 rings (SSSR count). The van der Waals surface area contributed by atoms with Crippen molar-refractivity contribution in [2.24, 2.45) is 46.3 Å². The van der Waals surface area contributed by atoms with Crippen molar-refractivity contribution < 1.29 is 48.0 Å². The Labute approximate surface area is 413 Å². The summed E-state index contributed by atoms with van der Waals surface area (Å²) in [4.78, 5) is 53.6. The van der Waals surface area contributed by atoms with Crippen LogP contribution < -0.4 is 0 Å². The van der Waals surface area contributed by atoms with Gasteiger partial charge < -0.3 is 29.3 Å². The Morgan fingerprint density at radius 1 is 0.957 bits per heavy atom. The van der Waals surface area contributed by atoms with Gasteiger partial charge in [0.25, 0.3) is 0 Å². The van der Waals surface area contributed by atoms with Crippen molar-refractivity contribution in [3.63, 3.8) is 0 Å². The van der Waals surface area contributed by atoms with Gasteiger partial charge in [-0.15, -0.1) is 0 Å². The highest BCUT2D eigenvalue weighted by Crippen LogP contribution is 2.70. The van der Waals surface area contributed by atoms with E-state index in [1.165, 1.54) is 18.6 Å². The van der Waals surface area contributed by atoms with Gasteiger partial charge in [-0.1, -0.05) is 108 Å². The lowest BCUT2D eigenvalue weighted by atomic mass is 9.46. The number of nitriles is 1. The van der Waals surface area contributed by atoms with E-state index in [0.717, 1.165) is 94.0 Å². The molecule has 2 aliphatic heterocycles. The summed E-state index contributed by atoms with van der Waals surface area (Å²) < 4.78 is 32.4. The molecule has 0 spiro atoms. The van der Waals surface area contributed by atoms with Gasteiger partial charge in [-0.25, -0.2) is 4.39 Å². The standard InChI is InChI=1S/C32H44O7.C26H29FN2O2/c1-18(2)28(36)37-17-25(35)32-26(38-29(39-32)19-8-6-5-7-9-19)15-23-22-11-10-20-14-21(33)12-13-30(20,3)27(22)24(34)16-31(23,32)4;1-19-17-29(16-15-26(19,24(30)31)21-5-3-2-4-6-21)23-11-13-25(18-28,14-12-23)20-7-9-22(27)10-8-20/h12-14,18-19,22-24,26-27,29,34H,5-11,15-17H2,1-4H3;2-10,19,23H,11-17H2,1H3,(H,30,31)/t22-,23-,24-,26+,27+,29+,30-,31-,32+;19-,23?,25?,26-/m01/s1. The molecule has 8 aliphatic rings. The Hall–Kier alpha value is -4.54. The fraction of sp³-hybridized carbons (Fsp3) is 0.638. The van der Waals surface area contributed by atoms with Crippen LogP contribution in [0.5, 0.6) is 0 Å². The molecule has 70 heavy (non-hydrogen) atoms. The summed E-state index contributed by atoms with van der Waals surface area (Å²) in [5.41, 5.74) is -0.807. The zero-order valence-corrected chi connectivity index (χ0v) is 41.7. The molecular formula is C58H73FN2O9. The number of hydrogen-bond donors (Lipinski definition) is 2. The molecule has 2 heterocycles. The summed E-state index contributed by atoms with van der Waals surface area (Å²) in [5, 5.41) is 32.0. The van der Waals surface area contributed by atoms with Crippen LogP contribution in [-0.4, -0.2) is 88.5 Å². The molecule has 2 aromatic carbocycles. The van der Waals surface area contributed by atoms with Crippen LogP contribution in [0, 0.1) is 63.5 Å². The number of benzene rings is 2. The largest absolute Gasteiger partial charge is 0.481 e. The first kappa shape index (κ1) is 50.4. The van der Waals surface area contributed by atoms with Gasteiger partial charge in [-0.3, -0.25) is 19.2 Å². The predicted octanol–water partition coefficient (Wildman–Crippen LogP) is 9.60. The Morgan fingerprint density at radius 3 is 2.30 bits per heavy atom. The van der Waals surface area contributed by atoms with Gasteiger partial charge in [-0.2, -0.15) is 5.26 Å². The third-order valence-corrected chi connectivity index (χ3v) is 19.3. The lowest BCUT2D eigenvalue weighted by Gasteiger charge is -2.59. The molecule has 2 aromatic rings. The van der Waals surface area contributed by atoms with Crippen LogP contribution in [0.25, 0.3) is 0 Å². The molecule has 2 N–H and O–H groups in total. The van der Waals surface area contributed by atoms with Crippen molar-refractivity contribution in [2.75, 3.05) is 19.7 Å². The highest BCUT2D eigenvalue weighted by Gasteiger charge is 2.76. The van der Waals surface area contributed by atoms with Crippen LogP contribution >= 0.6 is 0 Å². The number of carboxylic acids is 1. The molecular weight excluding hydrogens is 888 g/mol. The van der Waals surface area contributed by atoms with Crippen LogP contribution in [0.15, 0.2) is 78.4 Å². The molecule has 5 saturated carbocycles. The maximum Gasteiger partial charge on any atom is 0.314 e. The molecule has 11 nitrogen and oxygen atoms in total. The number of allylic oxidation sites excluding steroid dienone is 4. The number of likely N-dealkylation sites (tertiary alicyclic amines) is 1. The quantitative estimate of drug-likeness (QED) is 0.230. The number of nitrogens with zero attached hydrogens (tertiary/aromatic N) is 2. The summed E-state index contributed by atoms with van der Waals surface area (Å²) in [7, 11) is 0. The number of ketones is 2. The summed E-state index contributed by atoms with van der Waals surface area (Å²) >= 11 is 0. The number of aliphatic hydroxyl groups excluding tert-OH is 1. The topological polar surface area (TPSA) is 163 Å². The molecule has 0 amide bonds. The van der Waals surface area contributed by atoms with E-state index in [-0.39, 0.29) is 64.9 Å². The maximum absolute atomic E-state index is 14.2. The first-order chi connectivity index (χ1) is 33.4. The van der Waals surface area contributed by atoms with Crippen LogP contribution in [0.4, 0.5) is 4.39 Å². The van der Waals surface area contributed by atoms with E-state index in [4.69, 9.17) is 14.2 Å². The van der Waals surface area contributed by atoms with Crippen molar-refractivity contribution >= 4 is 23.5 Å². The smallest absolute Gasteiger partial charge is 0.314 e. The van der Waals surface area contributed by atoms with Crippen molar-refractivity contribution in [3.05, 3.63) is 95.3 Å². The summed E-state index contributed by atoms with van der Waals surface area (Å²) in [6, 6.07) is 18.8. The number of carbonyl (C=O) groups excluding carboxylic acids is 3. The lowest BCUT2D eigenvalue weighted by molar-refractivity contribution is -0.210. The number of hydrogen-bond acceptors (Lipinski definition) is 10. The molecule has 0 radical (unpaired) electrons. The second-order valence-corrected chi connectivity index (χ2v) is 23.1. The number of esters is 1. The van der Waals surface area contributed by atoms with Gasteiger partial charge in [0.15, 0.2) is 24.3 Å². The van der Waals surface area contributed by atoms with Crippen molar-refractivity contribution in [1.82, 2.24) is 4.90 Å². The normalized spacial score (nSPS) is 39.2. The zero-order valence-electron chi connectivity index (χ0n) is 41.7. The van der Waals surface area contributed by atoms with E-state index < -0.39 is 52.3 Å². The average Bonchev–Trinajstić information content (AvgIpc) is 3.87. The Bertz CT molecular complexity index is 2400. The number of aliphatic hydroxyl groups is 1. The van der Waals surface area contributed by atoms with Gasteiger partial charge in [0.2, 0.25) is 5.78 Å². The van der Waals surface area contributed by atoms with E-state index in [1.807, 2.05) is 43.3 Å². The number of Topliss-reactive ketones (excluding diaryl/α,β-unsaturated/α-hetero) is 1. The highest BCUT2D eigenvalue weighted by molar-refractivity contribution is 6.01. The monoisotopic (exact) mass is 961 g/mol. The van der Waals surface area contributed by atoms with Gasteiger partial charge >= 0.3 is 11.9 Å². The van der Waals surface area contributed by atoms with E-state index in [1.54, 1.807) is 38.1 Å². The number of ether oxygens (including phenoxy) is 3. The van der Waals surface area contributed by atoms with Gasteiger partial charge in [-0.05, 0) is 130 Å². The Balaban J connectivity index is 0.000000179. The highest BCUT2D eigenvalue weighted by atomic mass is 19.1. The molecule has 11 atom stereocenters. The number of fused-ring (bicyclic) bond motifs is 7. The molecule has 2 saturated heterocycles. The number of piperidine rings is 1. The predicted molar refractivity (Wildman–Crippen MR) is 260 cm³/mol. The number of rotatable bonds is 9. The van der Waals surface area contributed by atoms with Gasteiger partial charge in [0.1, 0.15) is 5.82 Å². The van der Waals surface area contributed by atoms with Crippen LogP contribution in [0.2, 0.25) is 0 Å². The molecule has 0 unspecified atom stereocenters. The zero-order chi connectivity index (χ0) is 49.8. The first-order valence-electron chi connectivity index (χ1n) is 26.3. The minimum atomic E-state index is -1.25. The van der Waals surface area contributed by atoms with Crippen LogP contribution in [0.3, 0.4) is 0 Å². The minimum Gasteiger partial charge on any atom is -0.481 e. The molecule has 6 aliphatic carbocycles. The number of carboxylic acid groups (broad SMARTS) is 1. The minimum absolute atomic E-state index is 0.0131. The average molecular weight is 961 g/mol. The number of halogens is 1. The number of aliphatic carboxylic acids is 1. The summed E-state index contributed by atoms with van der Waals surface area (Å²) in [5.74, 6) is -1.51. The van der Waals surface area contributed by atoms with E-state index in [9.17, 15) is 39.0 Å². The lowest BCUT2D eigenvalue weighted by Crippen LogP contribution is -2.63. The molecule has 12 heteroatoms.